The van der Waals surface area contributed by atoms with Crippen LogP contribution in [0.2, 0.25) is 5.02 Å². The largest absolute Gasteiger partial charge is 0.506 e. The molecule has 0 unspecified atom stereocenters. The van der Waals surface area contributed by atoms with E-state index in [0.29, 0.717) is 11.1 Å². The third-order valence-corrected chi connectivity index (χ3v) is 5.55. The van der Waals surface area contributed by atoms with Crippen LogP contribution in [0.25, 0.3) is 0 Å². The fourth-order valence-corrected chi connectivity index (χ4v) is 3.63. The molecule has 25 heavy (non-hydrogen) atoms. The average molecular weight is 385 g/mol. The van der Waals surface area contributed by atoms with Crippen molar-refractivity contribution >= 4 is 33.0 Å². The zero-order chi connectivity index (χ0) is 18.9. The van der Waals surface area contributed by atoms with Crippen LogP contribution in [0, 0.1) is 17.0 Å². The van der Waals surface area contributed by atoms with Crippen LogP contribution in [0.5, 0.6) is 5.75 Å². The maximum absolute atomic E-state index is 12.6. The lowest BCUT2D eigenvalue weighted by atomic mass is 9.99. The molecule has 134 valence electrons. The number of hydrogen-bond donors (Lipinski definition) is 2. The molecular weight excluding hydrogens is 368 g/mol. The molecule has 7 nitrogen and oxygen atoms in total. The molecule has 0 aliphatic heterocycles. The summed E-state index contributed by atoms with van der Waals surface area (Å²) >= 11 is 6.10. The maximum atomic E-state index is 12.6. The molecule has 0 bridgehead atoms. The number of nitro benzene ring substituents is 1. The van der Waals surface area contributed by atoms with Crippen LogP contribution in [-0.4, -0.2) is 18.4 Å². The lowest BCUT2D eigenvalue weighted by Gasteiger charge is -2.17. The third-order valence-electron chi connectivity index (χ3n) is 3.72. The second-order valence-electron chi connectivity index (χ2n) is 5.82. The summed E-state index contributed by atoms with van der Waals surface area (Å²) in [5, 5.41) is 21.0. The number of benzene rings is 2. The van der Waals surface area contributed by atoms with Gasteiger partial charge >= 0.3 is 0 Å². The van der Waals surface area contributed by atoms with Crippen LogP contribution in [0.3, 0.4) is 0 Å². The summed E-state index contributed by atoms with van der Waals surface area (Å²) in [5.41, 5.74) is 0.731. The van der Waals surface area contributed by atoms with Gasteiger partial charge in [-0.15, -0.1) is 0 Å². The van der Waals surface area contributed by atoms with Gasteiger partial charge in [-0.25, -0.2) is 8.42 Å². The zero-order valence-electron chi connectivity index (χ0n) is 13.8. The van der Waals surface area contributed by atoms with Crippen molar-refractivity contribution in [2.75, 3.05) is 4.72 Å². The van der Waals surface area contributed by atoms with Crippen LogP contribution < -0.4 is 4.72 Å². The van der Waals surface area contributed by atoms with Crippen LogP contribution in [0.1, 0.15) is 30.9 Å². The molecule has 0 amide bonds. The van der Waals surface area contributed by atoms with Gasteiger partial charge in [-0.2, -0.15) is 0 Å². The van der Waals surface area contributed by atoms with Crippen molar-refractivity contribution in [1.82, 2.24) is 0 Å². The Hall–Kier alpha value is -2.32. The zero-order valence-corrected chi connectivity index (χ0v) is 15.4. The Morgan fingerprint density at radius 1 is 1.28 bits per heavy atom. The molecule has 9 heteroatoms. The number of rotatable bonds is 5. The van der Waals surface area contributed by atoms with Crippen molar-refractivity contribution in [1.29, 1.82) is 0 Å². The standard InChI is InChI=1S/C16H17ClN2O5S/c1-9(2)13-8-14(10(3)15(17)16(13)20)18-25(23,24)12-6-4-5-11(7-12)19(21)22/h4-9,18,20H,1-3H3. The molecule has 0 saturated heterocycles. The Kier molecular flexibility index (Phi) is 5.24. The molecule has 0 aliphatic rings. The molecule has 0 aliphatic carbocycles. The Labute approximate surface area is 150 Å². The molecule has 2 rings (SSSR count). The minimum absolute atomic E-state index is 0.0583. The predicted octanol–water partition coefficient (Wildman–Crippen LogP) is 4.19. The number of sulfonamides is 1. The van der Waals surface area contributed by atoms with Gasteiger partial charge in [0.2, 0.25) is 0 Å². The van der Waals surface area contributed by atoms with E-state index >= 15 is 0 Å². The molecule has 0 aromatic heterocycles. The third kappa shape index (κ3) is 3.85. The summed E-state index contributed by atoms with van der Waals surface area (Å²) < 4.78 is 27.5. The average Bonchev–Trinajstić information content (AvgIpc) is 2.55. The van der Waals surface area contributed by atoms with E-state index in [1.165, 1.54) is 24.3 Å². The van der Waals surface area contributed by atoms with Gasteiger partial charge in [-0.05, 0) is 30.5 Å². The van der Waals surface area contributed by atoms with Gasteiger partial charge in [-0.3, -0.25) is 14.8 Å². The number of nitrogens with one attached hydrogen (secondary N) is 1. The fourth-order valence-electron chi connectivity index (χ4n) is 2.27. The summed E-state index contributed by atoms with van der Waals surface area (Å²) in [6, 6.07) is 6.25. The van der Waals surface area contributed by atoms with Gasteiger partial charge < -0.3 is 5.11 Å². The Balaban J connectivity index is 2.51. The number of phenols is 1. The molecule has 2 aromatic carbocycles. The molecule has 0 heterocycles. The molecule has 0 saturated carbocycles. The molecule has 0 atom stereocenters. The van der Waals surface area contributed by atoms with Crippen LogP contribution in [0.4, 0.5) is 11.4 Å². The van der Waals surface area contributed by atoms with Crippen molar-refractivity contribution in [3.63, 3.8) is 0 Å². The summed E-state index contributed by atoms with van der Waals surface area (Å²) in [6.07, 6.45) is 0. The quantitative estimate of drug-likeness (QED) is 0.456. The SMILES string of the molecule is Cc1c(NS(=O)(=O)c2cccc([N+](=O)[O-])c2)cc(C(C)C)c(O)c1Cl. The monoisotopic (exact) mass is 384 g/mol. The van der Waals surface area contributed by atoms with Crippen LogP contribution in [0.15, 0.2) is 35.2 Å². The van der Waals surface area contributed by atoms with Gasteiger partial charge in [0.1, 0.15) is 5.75 Å². The van der Waals surface area contributed by atoms with E-state index in [-0.39, 0.29) is 33.0 Å². The van der Waals surface area contributed by atoms with Crippen molar-refractivity contribution in [2.24, 2.45) is 0 Å². The van der Waals surface area contributed by atoms with E-state index in [4.69, 9.17) is 11.6 Å². The van der Waals surface area contributed by atoms with Crippen molar-refractivity contribution in [3.05, 3.63) is 56.6 Å². The summed E-state index contributed by atoms with van der Waals surface area (Å²) in [5.74, 6) is -0.174. The first kappa shape index (κ1) is 19.0. The number of phenolic OH excluding ortho intramolecular Hbond substituents is 1. The number of non-ortho nitro benzene ring substituents is 1. The first-order valence-electron chi connectivity index (χ1n) is 7.34. The van der Waals surface area contributed by atoms with E-state index < -0.39 is 14.9 Å². The molecule has 0 spiro atoms. The van der Waals surface area contributed by atoms with Crippen LogP contribution >= 0.6 is 11.6 Å². The molecule has 2 N–H and O–H groups in total. The summed E-state index contributed by atoms with van der Waals surface area (Å²) in [6.45, 7) is 5.23. The summed E-state index contributed by atoms with van der Waals surface area (Å²) in [4.78, 5) is 9.93. The number of aromatic hydroxyl groups is 1. The second-order valence-corrected chi connectivity index (χ2v) is 7.88. The minimum atomic E-state index is -4.06. The van der Waals surface area contributed by atoms with E-state index in [1.807, 2.05) is 13.8 Å². The van der Waals surface area contributed by atoms with Gasteiger partial charge in [0, 0.05) is 17.7 Å². The molecule has 0 fully saturated rings. The molecule has 2 aromatic rings. The maximum Gasteiger partial charge on any atom is 0.270 e. The summed E-state index contributed by atoms with van der Waals surface area (Å²) in [7, 11) is -4.06. The highest BCUT2D eigenvalue weighted by Crippen LogP contribution is 2.39. The Morgan fingerprint density at radius 2 is 1.92 bits per heavy atom. The van der Waals surface area contributed by atoms with Gasteiger partial charge in [0.05, 0.1) is 20.5 Å². The highest BCUT2D eigenvalue weighted by atomic mass is 35.5. The Morgan fingerprint density at radius 3 is 2.48 bits per heavy atom. The van der Waals surface area contributed by atoms with Crippen molar-refractivity contribution in [2.45, 2.75) is 31.6 Å². The van der Waals surface area contributed by atoms with E-state index in [0.717, 1.165) is 6.07 Å². The second kappa shape index (κ2) is 6.89. The van der Waals surface area contributed by atoms with E-state index in [9.17, 15) is 23.6 Å². The van der Waals surface area contributed by atoms with Crippen molar-refractivity contribution in [3.8, 4) is 5.75 Å². The lowest BCUT2D eigenvalue weighted by Crippen LogP contribution is -2.14. The highest BCUT2D eigenvalue weighted by Gasteiger charge is 2.22. The van der Waals surface area contributed by atoms with E-state index in [1.54, 1.807) is 6.92 Å². The van der Waals surface area contributed by atoms with E-state index in [2.05, 4.69) is 4.72 Å². The van der Waals surface area contributed by atoms with Gasteiger partial charge in [0.15, 0.2) is 0 Å². The van der Waals surface area contributed by atoms with Crippen LogP contribution in [-0.2, 0) is 10.0 Å². The Bertz CT molecular complexity index is 942. The van der Waals surface area contributed by atoms with Gasteiger partial charge in [0.25, 0.3) is 15.7 Å². The number of anilines is 1. The minimum Gasteiger partial charge on any atom is -0.506 e. The molecular formula is C16H17ClN2O5S. The van der Waals surface area contributed by atoms with Crippen molar-refractivity contribution < 1.29 is 18.4 Å². The first-order valence-corrected chi connectivity index (χ1v) is 9.20. The normalized spacial score (nSPS) is 11.6. The van der Waals surface area contributed by atoms with Gasteiger partial charge in [-0.1, -0.05) is 31.5 Å². The molecule has 0 radical (unpaired) electrons. The predicted molar refractivity (Wildman–Crippen MR) is 95.8 cm³/mol. The number of nitro groups is 1. The topological polar surface area (TPSA) is 110 Å². The fraction of sp³-hybridized carbons (Fsp3) is 0.250. The number of halogens is 1. The number of nitrogens with zero attached hydrogens (tertiary/aromatic N) is 1. The lowest BCUT2D eigenvalue weighted by molar-refractivity contribution is -0.385. The number of hydrogen-bond acceptors (Lipinski definition) is 5. The first-order chi connectivity index (χ1) is 11.5. The highest BCUT2D eigenvalue weighted by molar-refractivity contribution is 7.92. The smallest absolute Gasteiger partial charge is 0.270 e.